The number of ether oxygens (including phenoxy) is 3. The van der Waals surface area contributed by atoms with Gasteiger partial charge in [0.05, 0.1) is 30.9 Å². The Bertz CT molecular complexity index is 2330. The fourth-order valence-electron chi connectivity index (χ4n) is 4.91. The number of hydrogen-bond donors (Lipinski definition) is 1. The Morgan fingerprint density at radius 1 is 0.680 bits per heavy atom. The van der Waals surface area contributed by atoms with E-state index < -0.39 is 17.4 Å². The van der Waals surface area contributed by atoms with Crippen LogP contribution in [0.1, 0.15) is 0 Å². The number of benzene rings is 3. The molecule has 0 aliphatic rings. The molecule has 1 N–H and O–H groups in total. The minimum absolute atomic E-state index is 0.0153. The molecule has 3 aromatic carbocycles. The molecule has 0 atom stereocenters. The number of aromatic nitrogens is 5. The topological polar surface area (TPSA) is 131 Å². The van der Waals surface area contributed by atoms with E-state index in [-0.39, 0.29) is 16.9 Å². The summed E-state index contributed by atoms with van der Waals surface area (Å²) in [6, 6.07) is 13.3. The number of methoxy groups -OCH3 is 2. The van der Waals surface area contributed by atoms with E-state index >= 15 is 0 Å². The first-order valence-corrected chi connectivity index (χ1v) is 17.1. The van der Waals surface area contributed by atoms with Gasteiger partial charge in [-0.3, -0.25) is 23.7 Å². The average Bonchev–Trinajstić information content (AvgIpc) is 3.12. The summed E-state index contributed by atoms with van der Waals surface area (Å²) in [7, 11) is 6.32. The quantitative estimate of drug-likeness (QED) is 0.134. The van der Waals surface area contributed by atoms with Crippen LogP contribution in [-0.4, -0.2) is 55.9 Å². The van der Waals surface area contributed by atoms with E-state index in [0.717, 1.165) is 6.07 Å². The lowest BCUT2D eigenvalue weighted by atomic mass is 10.1. The summed E-state index contributed by atoms with van der Waals surface area (Å²) in [4.78, 5) is 37.4. The van der Waals surface area contributed by atoms with Gasteiger partial charge in [0.1, 0.15) is 5.75 Å². The number of fused-ring (bicyclic) bond motifs is 1. The van der Waals surface area contributed by atoms with Gasteiger partial charge in [-0.15, -0.1) is 0 Å². The molecule has 11 nitrogen and oxygen atoms in total. The lowest BCUT2D eigenvalue weighted by molar-refractivity contribution is 0.355. The Balaban J connectivity index is 0.000000228. The van der Waals surface area contributed by atoms with Crippen molar-refractivity contribution in [2.45, 2.75) is 10.3 Å². The second-order valence-corrected chi connectivity index (χ2v) is 12.0. The Hall–Kier alpha value is -5.41. The van der Waals surface area contributed by atoms with Gasteiger partial charge in [-0.2, -0.15) is 0 Å². The van der Waals surface area contributed by atoms with Crippen LogP contribution in [0.3, 0.4) is 0 Å². The molecule has 6 aromatic rings. The minimum Gasteiger partial charge on any atom is -0.505 e. The van der Waals surface area contributed by atoms with Crippen LogP contribution >= 0.6 is 23.5 Å². The van der Waals surface area contributed by atoms with Gasteiger partial charge in [-0.1, -0.05) is 35.7 Å². The van der Waals surface area contributed by atoms with Crippen molar-refractivity contribution in [2.75, 3.05) is 26.7 Å². The summed E-state index contributed by atoms with van der Waals surface area (Å²) >= 11 is 2.72. The summed E-state index contributed by atoms with van der Waals surface area (Å²) in [6.07, 6.45) is 8.10. The van der Waals surface area contributed by atoms with Gasteiger partial charge in [-0.25, -0.2) is 18.7 Å². The van der Waals surface area contributed by atoms with Crippen molar-refractivity contribution in [3.05, 3.63) is 106 Å². The Labute approximate surface area is 293 Å². The zero-order chi connectivity index (χ0) is 36.1. The van der Waals surface area contributed by atoms with E-state index in [4.69, 9.17) is 19.3 Å². The first-order chi connectivity index (χ1) is 24.0. The van der Waals surface area contributed by atoms with Crippen LogP contribution in [0, 0.1) is 11.6 Å². The van der Waals surface area contributed by atoms with Crippen LogP contribution in [0.15, 0.2) is 93.1 Å². The molecule has 0 saturated carbocycles. The standard InChI is InChI=1S/C23H20FN3O4S.C12H11FN2O2S/c1-27-22(28)15(12-26-23(27)32-4)13-5-6-19(16(24)9-13)31-18-7-8-25-17-11-21(30-3)20(29-2)10-14(17)18;1-15-11(17)8(6-14-12(15)18-2)7-3-4-10(16)9(13)5-7/h5-12H,1-4H3;3-6,16H,1-2H3. The smallest absolute Gasteiger partial charge is 0.261 e. The fraction of sp³-hybridized carbons (Fsp3) is 0.171. The molecule has 0 fully saturated rings. The normalized spacial score (nSPS) is 10.8. The van der Waals surface area contributed by atoms with Crippen LogP contribution in [-0.2, 0) is 14.1 Å². The molecule has 50 heavy (non-hydrogen) atoms. The molecule has 0 aliphatic heterocycles. The van der Waals surface area contributed by atoms with Gasteiger partial charge in [0, 0.05) is 44.1 Å². The monoisotopic (exact) mass is 719 g/mol. The van der Waals surface area contributed by atoms with Gasteiger partial charge < -0.3 is 19.3 Å². The van der Waals surface area contributed by atoms with Crippen LogP contribution in [0.5, 0.6) is 28.7 Å². The van der Waals surface area contributed by atoms with Crippen LogP contribution in [0.25, 0.3) is 33.2 Å². The number of hydrogen-bond acceptors (Lipinski definition) is 11. The second kappa shape index (κ2) is 15.4. The predicted octanol–water partition coefficient (Wildman–Crippen LogP) is 6.68. The number of nitrogens with zero attached hydrogens (tertiary/aromatic N) is 5. The molecule has 258 valence electrons. The Kier molecular flexibility index (Phi) is 11.1. The maximum Gasteiger partial charge on any atom is 0.261 e. The minimum atomic E-state index is -0.761. The Morgan fingerprint density at radius 2 is 1.22 bits per heavy atom. The molecule has 6 rings (SSSR count). The van der Waals surface area contributed by atoms with Crippen molar-refractivity contribution in [3.63, 3.8) is 0 Å². The van der Waals surface area contributed by atoms with Gasteiger partial charge in [0.15, 0.2) is 44.9 Å². The average molecular weight is 720 g/mol. The molecule has 0 radical (unpaired) electrons. The number of aromatic hydroxyl groups is 1. The van der Waals surface area contributed by atoms with E-state index in [1.807, 2.05) is 12.5 Å². The van der Waals surface area contributed by atoms with Gasteiger partial charge >= 0.3 is 0 Å². The molecule has 15 heteroatoms. The second-order valence-electron chi connectivity index (χ2n) is 10.5. The van der Waals surface area contributed by atoms with Gasteiger partial charge in [0.2, 0.25) is 0 Å². The highest BCUT2D eigenvalue weighted by Gasteiger charge is 2.16. The molecule has 0 amide bonds. The third kappa shape index (κ3) is 7.28. The summed E-state index contributed by atoms with van der Waals surface area (Å²) in [6.45, 7) is 0. The van der Waals surface area contributed by atoms with Crippen molar-refractivity contribution in [3.8, 4) is 51.0 Å². The lowest BCUT2D eigenvalue weighted by Crippen LogP contribution is -2.21. The number of thioether (sulfide) groups is 2. The zero-order valence-electron chi connectivity index (χ0n) is 27.7. The third-order valence-electron chi connectivity index (χ3n) is 7.55. The summed E-state index contributed by atoms with van der Waals surface area (Å²) < 4.78 is 47.6. The van der Waals surface area contributed by atoms with Crippen LogP contribution < -0.4 is 25.3 Å². The molecule has 0 aliphatic carbocycles. The number of rotatable bonds is 8. The molecular weight excluding hydrogens is 689 g/mol. The molecule has 3 heterocycles. The van der Waals surface area contributed by atoms with Gasteiger partial charge in [0.25, 0.3) is 11.1 Å². The number of phenolic OH excluding ortho intramolecular Hbond substituents is 1. The molecular formula is C35H31F2N5O6S2. The van der Waals surface area contributed by atoms with E-state index in [1.54, 1.807) is 51.7 Å². The molecule has 0 spiro atoms. The van der Waals surface area contributed by atoms with Crippen LogP contribution in [0.4, 0.5) is 8.78 Å². The first kappa shape index (κ1) is 35.9. The summed E-state index contributed by atoms with van der Waals surface area (Å²) in [5, 5.41) is 10.9. The van der Waals surface area contributed by atoms with Crippen molar-refractivity contribution in [1.29, 1.82) is 0 Å². The maximum atomic E-state index is 14.9. The van der Waals surface area contributed by atoms with Crippen molar-refractivity contribution in [2.24, 2.45) is 14.1 Å². The van der Waals surface area contributed by atoms with Crippen molar-refractivity contribution in [1.82, 2.24) is 24.1 Å². The number of phenols is 1. The summed E-state index contributed by atoms with van der Waals surface area (Å²) in [5.41, 5.74) is 1.53. The van der Waals surface area contributed by atoms with E-state index in [1.165, 1.54) is 76.4 Å². The highest BCUT2D eigenvalue weighted by molar-refractivity contribution is 7.98. The van der Waals surface area contributed by atoms with Crippen molar-refractivity contribution < 1.29 is 28.1 Å². The van der Waals surface area contributed by atoms with Crippen LogP contribution in [0.2, 0.25) is 0 Å². The molecule has 0 bridgehead atoms. The zero-order valence-corrected chi connectivity index (χ0v) is 29.4. The van der Waals surface area contributed by atoms with Crippen molar-refractivity contribution >= 4 is 34.4 Å². The largest absolute Gasteiger partial charge is 0.505 e. The fourth-order valence-corrected chi connectivity index (χ4v) is 5.94. The van der Waals surface area contributed by atoms with E-state index in [9.17, 15) is 18.4 Å². The molecule has 3 aromatic heterocycles. The van der Waals surface area contributed by atoms with E-state index in [0.29, 0.717) is 60.7 Å². The highest BCUT2D eigenvalue weighted by atomic mass is 32.2. The first-order valence-electron chi connectivity index (χ1n) is 14.7. The van der Waals surface area contributed by atoms with Gasteiger partial charge in [-0.05, 0) is 60.0 Å². The third-order valence-corrected chi connectivity index (χ3v) is 9.03. The SMILES string of the molecule is COc1cc2nccc(Oc3ccc(-c4cnc(SC)n(C)c4=O)cc3F)c2cc1OC.CSc1ncc(-c2ccc(O)c(F)c2)c(=O)n1C. The summed E-state index contributed by atoms with van der Waals surface area (Å²) in [5.74, 6) is -0.351. The lowest BCUT2D eigenvalue weighted by Gasteiger charge is -2.13. The number of halogens is 2. The highest BCUT2D eigenvalue weighted by Crippen LogP contribution is 2.37. The predicted molar refractivity (Wildman–Crippen MR) is 190 cm³/mol. The molecule has 0 saturated heterocycles. The number of pyridine rings is 1. The Morgan fingerprint density at radius 3 is 1.74 bits per heavy atom. The maximum absolute atomic E-state index is 14.9. The van der Waals surface area contributed by atoms with E-state index in [2.05, 4.69) is 15.0 Å². The molecule has 0 unspecified atom stereocenters.